The Morgan fingerprint density at radius 3 is 2.71 bits per heavy atom. The summed E-state index contributed by atoms with van der Waals surface area (Å²) >= 11 is 0. The number of rotatable bonds is 1. The fourth-order valence-corrected chi connectivity index (χ4v) is 1.83. The summed E-state index contributed by atoms with van der Waals surface area (Å²) in [4.78, 5) is 4.28. The van der Waals surface area contributed by atoms with Crippen LogP contribution in [0.15, 0.2) is 54.9 Å². The van der Waals surface area contributed by atoms with Gasteiger partial charge in [0.25, 0.3) is 0 Å². The molecule has 1 aliphatic rings. The Balaban J connectivity index is 2.11. The lowest BCUT2D eigenvalue weighted by Gasteiger charge is -2.28. The molecule has 0 saturated heterocycles. The van der Waals surface area contributed by atoms with E-state index >= 15 is 0 Å². The van der Waals surface area contributed by atoms with E-state index in [1.165, 1.54) is 0 Å². The van der Waals surface area contributed by atoms with Crippen LogP contribution in [0, 0.1) is 0 Å². The molecule has 1 aromatic carbocycles. The average molecular weight is 225 g/mol. The number of nitrogens with zero attached hydrogens (tertiary/aromatic N) is 2. The third kappa shape index (κ3) is 1.59. The van der Waals surface area contributed by atoms with Crippen LogP contribution in [0.2, 0.25) is 0 Å². The predicted molar refractivity (Wildman–Crippen MR) is 66.6 cm³/mol. The topological polar surface area (TPSA) is 48.4 Å². The van der Waals surface area contributed by atoms with Crippen molar-refractivity contribution in [3.05, 3.63) is 60.4 Å². The predicted octanol–water partition coefficient (Wildman–Crippen LogP) is 2.59. The van der Waals surface area contributed by atoms with Crippen molar-refractivity contribution < 1.29 is 5.11 Å². The summed E-state index contributed by atoms with van der Waals surface area (Å²) in [6.45, 7) is 0. The molecule has 0 bridgehead atoms. The van der Waals surface area contributed by atoms with Gasteiger partial charge in [-0.3, -0.25) is 5.43 Å². The molecule has 2 aromatic rings. The molecule has 4 nitrogen and oxygen atoms in total. The number of hydrazine groups is 1. The van der Waals surface area contributed by atoms with Crippen molar-refractivity contribution in [3.63, 3.8) is 0 Å². The first kappa shape index (κ1) is 9.72. The molecule has 2 N–H and O–H groups in total. The minimum absolute atomic E-state index is 0.229. The molecule has 0 aliphatic carbocycles. The van der Waals surface area contributed by atoms with Crippen molar-refractivity contribution in [3.8, 4) is 0 Å². The molecule has 3 rings (SSSR count). The van der Waals surface area contributed by atoms with Crippen molar-refractivity contribution in [2.45, 2.75) is 0 Å². The summed E-state index contributed by atoms with van der Waals surface area (Å²) < 4.78 is 0. The molecule has 1 aromatic heterocycles. The molecule has 84 valence electrons. The summed E-state index contributed by atoms with van der Waals surface area (Å²) in [5.41, 5.74) is 4.67. The van der Waals surface area contributed by atoms with Crippen LogP contribution in [0.3, 0.4) is 0 Å². The van der Waals surface area contributed by atoms with Crippen LogP contribution in [-0.4, -0.2) is 10.1 Å². The third-order valence-corrected chi connectivity index (χ3v) is 2.63. The number of pyridine rings is 1. The highest BCUT2D eigenvalue weighted by Gasteiger charge is 2.19. The van der Waals surface area contributed by atoms with Crippen molar-refractivity contribution in [1.29, 1.82) is 0 Å². The van der Waals surface area contributed by atoms with Crippen LogP contribution in [0.4, 0.5) is 11.5 Å². The number of benzene rings is 1. The van der Waals surface area contributed by atoms with Gasteiger partial charge in [0.05, 0.1) is 11.9 Å². The van der Waals surface area contributed by atoms with E-state index in [1.54, 1.807) is 12.4 Å². The number of fused-ring (bicyclic) bond motifs is 1. The molecule has 0 radical (unpaired) electrons. The standard InChI is InChI=1S/C13H11N3O/c17-12-9-15-16(13-7-3-4-8-14-13)11-6-2-1-5-10(11)12/h1-9,15,17H. The van der Waals surface area contributed by atoms with Crippen molar-refractivity contribution in [2.24, 2.45) is 0 Å². The SMILES string of the molecule is OC1=CNN(c2ccccn2)c2ccccc21. The van der Waals surface area contributed by atoms with Crippen LogP contribution in [0.5, 0.6) is 0 Å². The van der Waals surface area contributed by atoms with Crippen molar-refractivity contribution in [1.82, 2.24) is 10.4 Å². The largest absolute Gasteiger partial charge is 0.506 e. The van der Waals surface area contributed by atoms with E-state index in [4.69, 9.17) is 0 Å². The third-order valence-electron chi connectivity index (χ3n) is 2.63. The smallest absolute Gasteiger partial charge is 0.151 e. The Morgan fingerprint density at radius 2 is 1.88 bits per heavy atom. The fraction of sp³-hybridized carbons (Fsp3) is 0. The van der Waals surface area contributed by atoms with Gasteiger partial charge in [0.2, 0.25) is 0 Å². The van der Waals surface area contributed by atoms with Gasteiger partial charge in [-0.15, -0.1) is 0 Å². The number of hydrogen-bond acceptors (Lipinski definition) is 4. The van der Waals surface area contributed by atoms with Crippen LogP contribution in [0.25, 0.3) is 5.76 Å². The van der Waals surface area contributed by atoms with Gasteiger partial charge >= 0.3 is 0 Å². The van der Waals surface area contributed by atoms with Gasteiger partial charge in [-0.25, -0.2) is 9.99 Å². The van der Waals surface area contributed by atoms with E-state index in [9.17, 15) is 5.11 Å². The molecule has 4 heteroatoms. The van der Waals surface area contributed by atoms with Crippen molar-refractivity contribution >= 4 is 17.3 Å². The van der Waals surface area contributed by atoms with Gasteiger partial charge < -0.3 is 5.11 Å². The Hall–Kier alpha value is -2.49. The van der Waals surface area contributed by atoms with Crippen LogP contribution >= 0.6 is 0 Å². The minimum Gasteiger partial charge on any atom is -0.506 e. The van der Waals surface area contributed by atoms with Gasteiger partial charge in [0.1, 0.15) is 5.76 Å². The van der Waals surface area contributed by atoms with Gasteiger partial charge in [0.15, 0.2) is 5.82 Å². The first-order valence-corrected chi connectivity index (χ1v) is 5.32. The lowest BCUT2D eigenvalue weighted by Crippen LogP contribution is -2.33. The van der Waals surface area contributed by atoms with Crippen LogP contribution in [-0.2, 0) is 0 Å². The number of aliphatic hydroxyl groups excluding tert-OH is 1. The maximum Gasteiger partial charge on any atom is 0.151 e. The second-order valence-electron chi connectivity index (χ2n) is 3.70. The lowest BCUT2D eigenvalue weighted by atomic mass is 10.1. The summed E-state index contributed by atoms with van der Waals surface area (Å²) in [7, 11) is 0. The van der Waals surface area contributed by atoms with Crippen LogP contribution < -0.4 is 10.4 Å². The summed E-state index contributed by atoms with van der Waals surface area (Å²) in [6.07, 6.45) is 3.29. The number of nitrogens with one attached hydrogen (secondary N) is 1. The normalized spacial score (nSPS) is 13.6. The van der Waals surface area contributed by atoms with E-state index in [0.717, 1.165) is 17.1 Å². The van der Waals surface area contributed by atoms with Gasteiger partial charge in [-0.1, -0.05) is 18.2 Å². The maximum absolute atomic E-state index is 9.78. The molecule has 0 spiro atoms. The quantitative estimate of drug-likeness (QED) is 0.783. The van der Waals surface area contributed by atoms with Crippen LogP contribution in [0.1, 0.15) is 5.56 Å². The minimum atomic E-state index is 0.229. The van der Waals surface area contributed by atoms with E-state index < -0.39 is 0 Å². The van der Waals surface area contributed by atoms with Gasteiger partial charge in [-0.2, -0.15) is 0 Å². The molecule has 0 saturated carbocycles. The lowest BCUT2D eigenvalue weighted by molar-refractivity contribution is 0.503. The van der Waals surface area contributed by atoms with Gasteiger partial charge in [-0.05, 0) is 24.3 Å². The molecule has 0 amide bonds. The molecular formula is C13H11N3O. The van der Waals surface area contributed by atoms with E-state index in [-0.39, 0.29) is 5.76 Å². The average Bonchev–Trinajstić information content (AvgIpc) is 2.41. The first-order valence-electron chi connectivity index (χ1n) is 5.32. The van der Waals surface area contributed by atoms with Crippen molar-refractivity contribution in [2.75, 3.05) is 5.01 Å². The molecular weight excluding hydrogens is 214 g/mol. The Kier molecular flexibility index (Phi) is 2.19. The monoisotopic (exact) mass is 225 g/mol. The summed E-state index contributed by atoms with van der Waals surface area (Å²) in [5.74, 6) is 1.01. The molecule has 0 atom stereocenters. The molecule has 2 heterocycles. The summed E-state index contributed by atoms with van der Waals surface area (Å²) in [5, 5.41) is 11.6. The number of para-hydroxylation sites is 1. The zero-order valence-corrected chi connectivity index (χ0v) is 9.04. The fourth-order valence-electron chi connectivity index (χ4n) is 1.83. The Bertz CT molecular complexity index is 566. The molecule has 17 heavy (non-hydrogen) atoms. The van der Waals surface area contributed by atoms with E-state index in [2.05, 4.69) is 10.4 Å². The second kappa shape index (κ2) is 3.83. The highest BCUT2D eigenvalue weighted by molar-refractivity contribution is 5.78. The highest BCUT2D eigenvalue weighted by Crippen LogP contribution is 2.31. The number of aliphatic hydroxyl groups is 1. The number of anilines is 2. The molecule has 1 aliphatic heterocycles. The zero-order valence-electron chi connectivity index (χ0n) is 9.04. The Labute approximate surface area is 98.8 Å². The number of aromatic nitrogens is 1. The number of hydrogen-bond donors (Lipinski definition) is 2. The maximum atomic E-state index is 9.78. The molecule has 0 fully saturated rings. The van der Waals surface area contributed by atoms with E-state index in [0.29, 0.717) is 0 Å². The Morgan fingerprint density at radius 1 is 1.06 bits per heavy atom. The first-order chi connectivity index (χ1) is 8.36. The molecule has 0 unspecified atom stereocenters. The second-order valence-corrected chi connectivity index (χ2v) is 3.70. The highest BCUT2D eigenvalue weighted by atomic mass is 16.3. The summed E-state index contributed by atoms with van der Waals surface area (Å²) in [6, 6.07) is 13.3. The van der Waals surface area contributed by atoms with E-state index in [1.807, 2.05) is 47.5 Å². The van der Waals surface area contributed by atoms with Gasteiger partial charge in [0, 0.05) is 11.8 Å². The zero-order chi connectivity index (χ0) is 11.7.